The van der Waals surface area contributed by atoms with Gasteiger partial charge in [-0.05, 0) is 24.6 Å². The highest BCUT2D eigenvalue weighted by molar-refractivity contribution is 5.82. The zero-order chi connectivity index (χ0) is 12.8. The summed E-state index contributed by atoms with van der Waals surface area (Å²) in [6.45, 7) is 3.07. The molecule has 1 aromatic carbocycles. The second-order valence-electron chi connectivity index (χ2n) is 3.90. The summed E-state index contributed by atoms with van der Waals surface area (Å²) >= 11 is 0. The molecule has 2 aromatic rings. The number of fused-ring (bicyclic) bond motifs is 1. The Morgan fingerprint density at radius 2 is 2.22 bits per heavy atom. The third-order valence-corrected chi connectivity index (χ3v) is 2.63. The van der Waals surface area contributed by atoms with Gasteiger partial charge >= 0.3 is 5.97 Å². The van der Waals surface area contributed by atoms with Gasteiger partial charge in [-0.1, -0.05) is 18.2 Å². The number of hydrogen-bond acceptors (Lipinski definition) is 4. The molecule has 0 aliphatic carbocycles. The first kappa shape index (κ1) is 12.5. The SMILES string of the molecule is CCOC(=O)CNCc1cccc2ncccc12. The molecule has 2 rings (SSSR count). The zero-order valence-electron chi connectivity index (χ0n) is 10.3. The van der Waals surface area contributed by atoms with Gasteiger partial charge in [0.2, 0.25) is 0 Å². The molecule has 1 heterocycles. The number of carbonyl (C=O) groups is 1. The van der Waals surface area contributed by atoms with Crippen molar-refractivity contribution < 1.29 is 9.53 Å². The average Bonchev–Trinajstić information content (AvgIpc) is 2.39. The fourth-order valence-electron chi connectivity index (χ4n) is 1.83. The van der Waals surface area contributed by atoms with Crippen molar-refractivity contribution >= 4 is 16.9 Å². The molecule has 4 nitrogen and oxygen atoms in total. The molecule has 0 bridgehead atoms. The highest BCUT2D eigenvalue weighted by Crippen LogP contribution is 2.15. The topological polar surface area (TPSA) is 51.2 Å². The van der Waals surface area contributed by atoms with Crippen LogP contribution in [-0.4, -0.2) is 24.1 Å². The van der Waals surface area contributed by atoms with Crippen LogP contribution in [0.4, 0.5) is 0 Å². The Kier molecular flexibility index (Phi) is 4.25. The summed E-state index contributed by atoms with van der Waals surface area (Å²) in [6.07, 6.45) is 1.78. The van der Waals surface area contributed by atoms with Crippen LogP contribution in [-0.2, 0) is 16.1 Å². The molecule has 4 heteroatoms. The average molecular weight is 244 g/mol. The van der Waals surface area contributed by atoms with Gasteiger partial charge in [0.05, 0.1) is 18.7 Å². The number of nitrogens with zero attached hydrogens (tertiary/aromatic N) is 1. The van der Waals surface area contributed by atoms with Crippen molar-refractivity contribution in [3.8, 4) is 0 Å². The van der Waals surface area contributed by atoms with E-state index in [1.54, 1.807) is 13.1 Å². The molecule has 18 heavy (non-hydrogen) atoms. The zero-order valence-corrected chi connectivity index (χ0v) is 10.3. The third kappa shape index (κ3) is 3.05. The normalized spacial score (nSPS) is 10.5. The first-order valence-electron chi connectivity index (χ1n) is 6.00. The molecular formula is C14H16N2O2. The van der Waals surface area contributed by atoms with Crippen molar-refractivity contribution in [2.45, 2.75) is 13.5 Å². The highest BCUT2D eigenvalue weighted by atomic mass is 16.5. The molecule has 0 unspecified atom stereocenters. The van der Waals surface area contributed by atoms with E-state index in [1.165, 1.54) is 0 Å². The molecule has 0 radical (unpaired) electrons. The van der Waals surface area contributed by atoms with Gasteiger partial charge in [-0.3, -0.25) is 9.78 Å². The summed E-state index contributed by atoms with van der Waals surface area (Å²) in [6, 6.07) is 9.92. The first-order valence-corrected chi connectivity index (χ1v) is 6.00. The Hall–Kier alpha value is -1.94. The number of pyridine rings is 1. The summed E-state index contributed by atoms with van der Waals surface area (Å²) in [5, 5.41) is 4.18. The molecule has 0 aliphatic heterocycles. The van der Waals surface area contributed by atoms with Crippen LogP contribution in [0.1, 0.15) is 12.5 Å². The number of aromatic nitrogens is 1. The Labute approximate surface area is 106 Å². The third-order valence-electron chi connectivity index (χ3n) is 2.63. The molecule has 1 aromatic heterocycles. The Morgan fingerprint density at radius 3 is 3.06 bits per heavy atom. The largest absolute Gasteiger partial charge is 0.465 e. The van der Waals surface area contributed by atoms with Gasteiger partial charge in [0, 0.05) is 18.1 Å². The van der Waals surface area contributed by atoms with Gasteiger partial charge in [0.15, 0.2) is 0 Å². The minimum absolute atomic E-state index is 0.226. The molecule has 0 amide bonds. The van der Waals surface area contributed by atoms with E-state index in [1.807, 2.05) is 30.3 Å². The lowest BCUT2D eigenvalue weighted by molar-refractivity contribution is -0.142. The number of esters is 1. The maximum atomic E-state index is 11.2. The van der Waals surface area contributed by atoms with E-state index in [-0.39, 0.29) is 12.5 Å². The van der Waals surface area contributed by atoms with Crippen molar-refractivity contribution in [1.82, 2.24) is 10.3 Å². The number of hydrogen-bond donors (Lipinski definition) is 1. The van der Waals surface area contributed by atoms with Crippen molar-refractivity contribution in [1.29, 1.82) is 0 Å². The molecular weight excluding hydrogens is 228 g/mol. The lowest BCUT2D eigenvalue weighted by Gasteiger charge is -2.07. The van der Waals surface area contributed by atoms with E-state index in [2.05, 4.69) is 10.3 Å². The summed E-state index contributed by atoms with van der Waals surface area (Å²) < 4.78 is 4.85. The van der Waals surface area contributed by atoms with Gasteiger partial charge in [-0.25, -0.2) is 0 Å². The van der Waals surface area contributed by atoms with E-state index in [9.17, 15) is 4.79 Å². The number of rotatable bonds is 5. The van der Waals surface area contributed by atoms with Gasteiger partial charge in [-0.2, -0.15) is 0 Å². The van der Waals surface area contributed by atoms with Gasteiger partial charge < -0.3 is 10.1 Å². The Morgan fingerprint density at radius 1 is 1.33 bits per heavy atom. The van der Waals surface area contributed by atoms with Crippen LogP contribution in [0.15, 0.2) is 36.5 Å². The number of ether oxygens (including phenoxy) is 1. The van der Waals surface area contributed by atoms with E-state index in [0.29, 0.717) is 13.2 Å². The van der Waals surface area contributed by atoms with E-state index in [0.717, 1.165) is 16.5 Å². The molecule has 1 N–H and O–H groups in total. The monoisotopic (exact) mass is 244 g/mol. The highest BCUT2D eigenvalue weighted by Gasteiger charge is 2.03. The Bertz CT molecular complexity index is 535. The quantitative estimate of drug-likeness (QED) is 0.816. The van der Waals surface area contributed by atoms with Crippen LogP contribution in [0.5, 0.6) is 0 Å². The maximum Gasteiger partial charge on any atom is 0.319 e. The molecule has 0 fully saturated rings. The van der Waals surface area contributed by atoms with Crippen molar-refractivity contribution in [2.75, 3.05) is 13.2 Å². The van der Waals surface area contributed by atoms with Crippen LogP contribution in [0.3, 0.4) is 0 Å². The van der Waals surface area contributed by atoms with E-state index < -0.39 is 0 Å². The predicted molar refractivity (Wildman–Crippen MR) is 70.1 cm³/mol. The summed E-state index contributed by atoms with van der Waals surface area (Å²) in [5.41, 5.74) is 2.10. The lowest BCUT2D eigenvalue weighted by atomic mass is 10.1. The standard InChI is InChI=1S/C14H16N2O2/c1-2-18-14(17)10-15-9-11-5-3-7-13-12(11)6-4-8-16-13/h3-8,15H,2,9-10H2,1H3. The van der Waals surface area contributed by atoms with Crippen LogP contribution >= 0.6 is 0 Å². The predicted octanol–water partition coefficient (Wildman–Crippen LogP) is 1.89. The van der Waals surface area contributed by atoms with E-state index >= 15 is 0 Å². The molecule has 94 valence electrons. The molecule has 0 saturated heterocycles. The van der Waals surface area contributed by atoms with Crippen LogP contribution < -0.4 is 5.32 Å². The van der Waals surface area contributed by atoms with Crippen molar-refractivity contribution in [3.05, 3.63) is 42.1 Å². The second-order valence-corrected chi connectivity index (χ2v) is 3.90. The molecule has 0 spiro atoms. The van der Waals surface area contributed by atoms with Crippen LogP contribution in [0, 0.1) is 0 Å². The number of benzene rings is 1. The smallest absolute Gasteiger partial charge is 0.319 e. The summed E-state index contributed by atoms with van der Waals surface area (Å²) in [7, 11) is 0. The van der Waals surface area contributed by atoms with Gasteiger partial charge in [-0.15, -0.1) is 0 Å². The van der Waals surface area contributed by atoms with Gasteiger partial charge in [0.1, 0.15) is 0 Å². The Balaban J connectivity index is 2.01. The number of nitrogens with one attached hydrogen (secondary N) is 1. The van der Waals surface area contributed by atoms with Crippen molar-refractivity contribution in [2.24, 2.45) is 0 Å². The fraction of sp³-hybridized carbons (Fsp3) is 0.286. The fourth-order valence-corrected chi connectivity index (χ4v) is 1.83. The molecule has 0 atom stereocenters. The van der Waals surface area contributed by atoms with Crippen LogP contribution in [0.2, 0.25) is 0 Å². The molecule has 0 aliphatic rings. The first-order chi connectivity index (χ1) is 8.81. The minimum atomic E-state index is -0.226. The second kappa shape index (κ2) is 6.12. The van der Waals surface area contributed by atoms with E-state index in [4.69, 9.17) is 4.74 Å². The van der Waals surface area contributed by atoms with Crippen molar-refractivity contribution in [3.63, 3.8) is 0 Å². The van der Waals surface area contributed by atoms with Gasteiger partial charge in [0.25, 0.3) is 0 Å². The number of carbonyl (C=O) groups excluding carboxylic acids is 1. The lowest BCUT2D eigenvalue weighted by Crippen LogP contribution is -2.24. The summed E-state index contributed by atoms with van der Waals surface area (Å²) in [5.74, 6) is -0.226. The maximum absolute atomic E-state index is 11.2. The minimum Gasteiger partial charge on any atom is -0.465 e. The summed E-state index contributed by atoms with van der Waals surface area (Å²) in [4.78, 5) is 15.5. The molecule has 0 saturated carbocycles. The van der Waals surface area contributed by atoms with Crippen LogP contribution in [0.25, 0.3) is 10.9 Å².